The van der Waals surface area contributed by atoms with Crippen LogP contribution in [0.1, 0.15) is 168 Å². The molecule has 13 nitrogen and oxygen atoms in total. The lowest BCUT2D eigenvalue weighted by atomic mass is 9.99. The highest BCUT2D eigenvalue weighted by atomic mass is 32.3. The predicted molar refractivity (Wildman–Crippen MR) is 196 cm³/mol. The van der Waals surface area contributed by atoms with Gasteiger partial charge in [0.15, 0.2) is 6.29 Å². The number of carbonyl (C=O) groups excluding carboxylic acids is 1. The molecule has 8 unspecified atom stereocenters. The molecule has 0 saturated carbocycles. The average Bonchev–Trinajstić information content (AvgIpc) is 3.09. The Labute approximate surface area is 308 Å². The molecule has 0 aromatic rings. The van der Waals surface area contributed by atoms with Gasteiger partial charge >= 0.3 is 10.4 Å². The summed E-state index contributed by atoms with van der Waals surface area (Å²) in [6, 6.07) is -1.02. The van der Waals surface area contributed by atoms with Crippen molar-refractivity contribution >= 4 is 16.3 Å². The van der Waals surface area contributed by atoms with E-state index in [2.05, 4.69) is 23.3 Å². The first-order valence-corrected chi connectivity index (χ1v) is 21.4. The Hall–Kier alpha value is -0.940. The SMILES string of the molecule is CCCCCCCCCCCCCCC(O)C(COC1OC(CO)C(O)C(OS(=O)(=O)O)C1O)NC(=O)C(O)CCCCCCCCCCCC. The van der Waals surface area contributed by atoms with Crippen LogP contribution in [0, 0.1) is 0 Å². The monoisotopic (exact) mass is 755 g/mol. The van der Waals surface area contributed by atoms with Gasteiger partial charge in [-0.2, -0.15) is 8.42 Å². The summed E-state index contributed by atoms with van der Waals surface area (Å²) in [5, 5.41) is 55.0. The van der Waals surface area contributed by atoms with Crippen molar-refractivity contribution in [2.75, 3.05) is 13.2 Å². The smallest absolute Gasteiger partial charge is 0.394 e. The highest BCUT2D eigenvalue weighted by molar-refractivity contribution is 7.80. The number of unbranched alkanes of at least 4 members (excludes halogenated alkanes) is 20. The van der Waals surface area contributed by atoms with Gasteiger partial charge in [0.05, 0.1) is 25.4 Å². The Balaban J connectivity index is 2.67. The van der Waals surface area contributed by atoms with Gasteiger partial charge in [-0.25, -0.2) is 4.18 Å². The van der Waals surface area contributed by atoms with E-state index in [-0.39, 0.29) is 6.42 Å². The number of hydrogen-bond donors (Lipinski definition) is 7. The Morgan fingerprint density at radius 3 is 1.57 bits per heavy atom. The Kier molecular flexibility index (Phi) is 27.7. The topological polar surface area (TPSA) is 212 Å². The maximum absolute atomic E-state index is 13.0. The molecule has 304 valence electrons. The number of rotatable bonds is 33. The van der Waals surface area contributed by atoms with E-state index in [1.54, 1.807) is 0 Å². The van der Waals surface area contributed by atoms with E-state index in [4.69, 9.17) is 14.0 Å². The van der Waals surface area contributed by atoms with Crippen LogP contribution in [0.25, 0.3) is 0 Å². The minimum Gasteiger partial charge on any atom is -0.394 e. The lowest BCUT2D eigenvalue weighted by Crippen LogP contribution is -2.61. The molecular weight excluding hydrogens is 682 g/mol. The van der Waals surface area contributed by atoms with Crippen molar-refractivity contribution < 1.29 is 57.0 Å². The zero-order chi connectivity index (χ0) is 37.9. The molecule has 0 aromatic carbocycles. The summed E-state index contributed by atoms with van der Waals surface area (Å²) in [4.78, 5) is 13.0. The number of amides is 1. The largest absolute Gasteiger partial charge is 0.397 e. The fourth-order valence-electron chi connectivity index (χ4n) is 6.52. The molecule has 7 N–H and O–H groups in total. The Morgan fingerprint density at radius 2 is 1.14 bits per heavy atom. The molecule has 0 bridgehead atoms. The molecule has 1 aliphatic rings. The van der Waals surface area contributed by atoms with E-state index in [0.717, 1.165) is 38.5 Å². The van der Waals surface area contributed by atoms with Crippen LogP contribution >= 0.6 is 0 Å². The standard InChI is InChI=1S/C37H73NO12S/c1-3-5-7-9-11-13-15-16-18-19-21-23-25-30(40)29(38-36(44)31(41)26-24-22-20-17-14-12-10-8-6-4-2)28-48-37-34(43)35(50-51(45,46)47)33(42)32(27-39)49-37/h29-35,37,39-43H,3-28H2,1-2H3,(H,38,44)(H,45,46,47). The number of nitrogens with one attached hydrogen (secondary N) is 1. The van der Waals surface area contributed by atoms with Gasteiger partial charge in [0, 0.05) is 0 Å². The summed E-state index contributed by atoms with van der Waals surface area (Å²) >= 11 is 0. The maximum atomic E-state index is 13.0. The van der Waals surface area contributed by atoms with Crippen LogP contribution in [-0.2, 0) is 28.9 Å². The van der Waals surface area contributed by atoms with Crippen molar-refractivity contribution in [3.05, 3.63) is 0 Å². The van der Waals surface area contributed by atoms with Crippen molar-refractivity contribution in [3.8, 4) is 0 Å². The quantitative estimate of drug-likeness (QED) is 0.0339. The molecule has 1 saturated heterocycles. The summed E-state index contributed by atoms with van der Waals surface area (Å²) in [6.45, 7) is 3.22. The minimum absolute atomic E-state index is 0.264. The molecule has 1 rings (SSSR count). The van der Waals surface area contributed by atoms with Crippen LogP contribution in [0.5, 0.6) is 0 Å². The lowest BCUT2D eigenvalue weighted by molar-refractivity contribution is -0.298. The molecule has 0 radical (unpaired) electrons. The van der Waals surface area contributed by atoms with Crippen molar-refractivity contribution in [1.82, 2.24) is 5.32 Å². The fraction of sp³-hybridized carbons (Fsp3) is 0.973. The van der Waals surface area contributed by atoms with E-state index in [1.165, 1.54) is 89.9 Å². The molecular formula is C37H73NO12S. The Bertz CT molecular complexity index is 958. The fourth-order valence-corrected chi connectivity index (χ4v) is 7.03. The van der Waals surface area contributed by atoms with Crippen LogP contribution in [0.15, 0.2) is 0 Å². The van der Waals surface area contributed by atoms with Crippen molar-refractivity contribution in [2.45, 2.75) is 217 Å². The molecule has 1 fully saturated rings. The maximum Gasteiger partial charge on any atom is 0.397 e. The van der Waals surface area contributed by atoms with E-state index in [1.807, 2.05) is 0 Å². The van der Waals surface area contributed by atoms with Crippen molar-refractivity contribution in [1.29, 1.82) is 0 Å². The first-order chi connectivity index (χ1) is 24.4. The van der Waals surface area contributed by atoms with Gasteiger partial charge < -0.3 is 40.3 Å². The third-order valence-corrected chi connectivity index (χ3v) is 10.2. The molecule has 14 heteroatoms. The number of aliphatic hydroxyl groups excluding tert-OH is 5. The van der Waals surface area contributed by atoms with Gasteiger partial charge in [-0.15, -0.1) is 0 Å². The summed E-state index contributed by atoms with van der Waals surface area (Å²) in [5.74, 6) is -0.672. The van der Waals surface area contributed by atoms with E-state index >= 15 is 0 Å². The van der Waals surface area contributed by atoms with Crippen LogP contribution in [0.2, 0.25) is 0 Å². The van der Waals surface area contributed by atoms with Gasteiger partial charge in [0.2, 0.25) is 5.91 Å². The predicted octanol–water partition coefficient (Wildman–Crippen LogP) is 5.24. The molecule has 0 aliphatic carbocycles. The summed E-state index contributed by atoms with van der Waals surface area (Å²) < 4.78 is 47.3. The highest BCUT2D eigenvalue weighted by Gasteiger charge is 2.48. The molecule has 0 spiro atoms. The van der Waals surface area contributed by atoms with Gasteiger partial charge in [-0.05, 0) is 12.8 Å². The second-order valence-corrected chi connectivity index (χ2v) is 15.4. The van der Waals surface area contributed by atoms with Crippen LogP contribution < -0.4 is 5.32 Å². The van der Waals surface area contributed by atoms with Crippen LogP contribution in [-0.4, -0.2) is 107 Å². The second-order valence-electron chi connectivity index (χ2n) is 14.4. The molecule has 1 amide bonds. The van der Waals surface area contributed by atoms with Crippen molar-refractivity contribution in [3.63, 3.8) is 0 Å². The van der Waals surface area contributed by atoms with E-state index in [0.29, 0.717) is 19.3 Å². The number of hydrogen-bond acceptors (Lipinski definition) is 11. The summed E-state index contributed by atoms with van der Waals surface area (Å²) in [7, 11) is -5.10. The lowest BCUT2D eigenvalue weighted by Gasteiger charge is -2.41. The number of ether oxygens (including phenoxy) is 2. The normalized spacial score (nSPS) is 22.9. The number of carbonyl (C=O) groups is 1. The molecule has 0 aromatic heterocycles. The third kappa shape index (κ3) is 22.8. The third-order valence-electron chi connectivity index (χ3n) is 9.77. The van der Waals surface area contributed by atoms with Gasteiger partial charge in [0.1, 0.15) is 30.5 Å². The zero-order valence-electron chi connectivity index (χ0n) is 31.5. The summed E-state index contributed by atoms with van der Waals surface area (Å²) in [5.41, 5.74) is 0. The number of aliphatic hydroxyl groups is 5. The zero-order valence-corrected chi connectivity index (χ0v) is 32.4. The molecule has 51 heavy (non-hydrogen) atoms. The van der Waals surface area contributed by atoms with Gasteiger partial charge in [-0.3, -0.25) is 9.35 Å². The minimum atomic E-state index is -5.10. The van der Waals surface area contributed by atoms with Gasteiger partial charge in [-0.1, -0.05) is 155 Å². The highest BCUT2D eigenvalue weighted by Crippen LogP contribution is 2.26. The average molecular weight is 756 g/mol. The van der Waals surface area contributed by atoms with Crippen LogP contribution in [0.3, 0.4) is 0 Å². The second kappa shape index (κ2) is 29.4. The molecule has 1 heterocycles. The molecule has 8 atom stereocenters. The van der Waals surface area contributed by atoms with Crippen LogP contribution in [0.4, 0.5) is 0 Å². The molecule has 1 aliphatic heterocycles. The first-order valence-electron chi connectivity index (χ1n) is 20.0. The van der Waals surface area contributed by atoms with E-state index < -0.39 is 78.5 Å². The Morgan fingerprint density at radius 1 is 0.706 bits per heavy atom. The first kappa shape index (κ1) is 48.1. The van der Waals surface area contributed by atoms with Crippen molar-refractivity contribution in [2.24, 2.45) is 0 Å². The summed E-state index contributed by atoms with van der Waals surface area (Å²) in [6.07, 6.45) is 14.5. The van der Waals surface area contributed by atoms with E-state index in [9.17, 15) is 38.7 Å². The van der Waals surface area contributed by atoms with Gasteiger partial charge in [0.25, 0.3) is 0 Å².